The molecular weight excluding hydrogens is 211 g/mol. The molecule has 14 heavy (non-hydrogen) atoms. The standard InChI is InChI=1S/C9H12O3S.Na.H/c1-7-2-3-8(13-7)4-5-12-6-9(10)11;;/h2-3H,4-6H2,1H3,(H,10,11);;. The number of carboxylic acids is 1. The van der Waals surface area contributed by atoms with E-state index in [1.54, 1.807) is 11.3 Å². The Hall–Kier alpha value is 0.130. The maximum atomic E-state index is 10.1. The molecule has 3 nitrogen and oxygen atoms in total. The van der Waals surface area contributed by atoms with Crippen molar-refractivity contribution in [1.82, 2.24) is 0 Å². The van der Waals surface area contributed by atoms with Crippen molar-refractivity contribution in [2.45, 2.75) is 13.3 Å². The molecule has 0 aliphatic rings. The minimum absolute atomic E-state index is 0. The fourth-order valence-electron chi connectivity index (χ4n) is 0.952. The first-order valence-electron chi connectivity index (χ1n) is 4.03. The van der Waals surface area contributed by atoms with Crippen LogP contribution in [0, 0.1) is 6.92 Å². The van der Waals surface area contributed by atoms with Gasteiger partial charge in [0.15, 0.2) is 0 Å². The summed E-state index contributed by atoms with van der Waals surface area (Å²) in [4.78, 5) is 12.6. The van der Waals surface area contributed by atoms with Gasteiger partial charge < -0.3 is 9.84 Å². The maximum absolute atomic E-state index is 10.1. The summed E-state index contributed by atoms with van der Waals surface area (Å²) in [6, 6.07) is 4.10. The van der Waals surface area contributed by atoms with E-state index in [-0.39, 0.29) is 36.2 Å². The zero-order chi connectivity index (χ0) is 9.68. The molecule has 0 aliphatic heterocycles. The van der Waals surface area contributed by atoms with Crippen LogP contribution in [0.2, 0.25) is 0 Å². The summed E-state index contributed by atoms with van der Waals surface area (Å²) in [5, 5.41) is 8.29. The zero-order valence-electron chi connectivity index (χ0n) is 7.45. The van der Waals surface area contributed by atoms with Crippen molar-refractivity contribution in [2.75, 3.05) is 13.2 Å². The van der Waals surface area contributed by atoms with Gasteiger partial charge in [-0.2, -0.15) is 0 Å². The van der Waals surface area contributed by atoms with Crippen molar-refractivity contribution in [3.05, 3.63) is 21.9 Å². The van der Waals surface area contributed by atoms with E-state index in [1.807, 2.05) is 13.0 Å². The number of ether oxygens (including phenoxy) is 1. The molecule has 74 valence electrons. The molecular formula is C9H13NaO3S. The molecule has 0 bridgehead atoms. The number of hydrogen-bond acceptors (Lipinski definition) is 3. The molecule has 0 saturated carbocycles. The molecule has 0 aromatic carbocycles. The Bertz CT molecular complexity index is 285. The molecule has 1 rings (SSSR count). The number of carboxylic acid groups (broad SMARTS) is 1. The quantitative estimate of drug-likeness (QED) is 0.600. The molecule has 1 aromatic heterocycles. The van der Waals surface area contributed by atoms with E-state index in [0.717, 1.165) is 6.42 Å². The first-order chi connectivity index (χ1) is 6.18. The van der Waals surface area contributed by atoms with Gasteiger partial charge in [0.2, 0.25) is 0 Å². The topological polar surface area (TPSA) is 46.5 Å². The fraction of sp³-hybridized carbons (Fsp3) is 0.444. The van der Waals surface area contributed by atoms with Gasteiger partial charge in [-0.25, -0.2) is 4.79 Å². The van der Waals surface area contributed by atoms with Crippen molar-refractivity contribution in [3.63, 3.8) is 0 Å². The third-order valence-electron chi connectivity index (χ3n) is 1.51. The molecule has 0 spiro atoms. The second-order valence-corrected chi connectivity index (χ2v) is 4.08. The van der Waals surface area contributed by atoms with Gasteiger partial charge in [-0.15, -0.1) is 11.3 Å². The van der Waals surface area contributed by atoms with Gasteiger partial charge in [0, 0.05) is 16.2 Å². The van der Waals surface area contributed by atoms with E-state index in [9.17, 15) is 4.79 Å². The Balaban J connectivity index is 0.00000169. The van der Waals surface area contributed by atoms with Crippen molar-refractivity contribution >= 4 is 46.9 Å². The van der Waals surface area contributed by atoms with Crippen LogP contribution in [-0.2, 0) is 16.0 Å². The van der Waals surface area contributed by atoms with Gasteiger partial charge in [-0.05, 0) is 19.1 Å². The molecule has 0 radical (unpaired) electrons. The number of aryl methyl sites for hydroxylation is 1. The Morgan fingerprint density at radius 2 is 2.29 bits per heavy atom. The van der Waals surface area contributed by atoms with Gasteiger partial charge >= 0.3 is 35.5 Å². The van der Waals surface area contributed by atoms with Crippen molar-refractivity contribution < 1.29 is 14.6 Å². The van der Waals surface area contributed by atoms with Crippen LogP contribution < -0.4 is 0 Å². The Morgan fingerprint density at radius 1 is 1.57 bits per heavy atom. The second kappa shape index (κ2) is 7.43. The zero-order valence-corrected chi connectivity index (χ0v) is 8.26. The molecule has 1 aromatic rings. The third-order valence-corrected chi connectivity index (χ3v) is 2.57. The molecule has 0 atom stereocenters. The van der Waals surface area contributed by atoms with Crippen LogP contribution in [0.4, 0.5) is 0 Å². The number of aliphatic carboxylic acids is 1. The van der Waals surface area contributed by atoms with E-state index in [1.165, 1.54) is 9.75 Å². The molecule has 5 heteroatoms. The summed E-state index contributed by atoms with van der Waals surface area (Å²) in [5.41, 5.74) is 0. The molecule has 0 saturated heterocycles. The Labute approximate surface area is 109 Å². The summed E-state index contributed by atoms with van der Waals surface area (Å²) in [6.07, 6.45) is 0.797. The Morgan fingerprint density at radius 3 is 2.79 bits per heavy atom. The van der Waals surface area contributed by atoms with Crippen LogP contribution in [0.1, 0.15) is 9.75 Å². The summed E-state index contributed by atoms with van der Waals surface area (Å²) in [7, 11) is 0. The monoisotopic (exact) mass is 224 g/mol. The molecule has 0 unspecified atom stereocenters. The van der Waals surface area contributed by atoms with Gasteiger partial charge in [0.1, 0.15) is 6.61 Å². The summed E-state index contributed by atoms with van der Waals surface area (Å²) in [5.74, 6) is -0.914. The molecule has 1 heterocycles. The van der Waals surface area contributed by atoms with Crippen LogP contribution in [0.5, 0.6) is 0 Å². The first kappa shape index (κ1) is 14.1. The Kier molecular flexibility index (Phi) is 7.49. The fourth-order valence-corrected chi connectivity index (χ4v) is 1.82. The van der Waals surface area contributed by atoms with Crippen LogP contribution in [0.15, 0.2) is 12.1 Å². The van der Waals surface area contributed by atoms with E-state index < -0.39 is 5.97 Å². The summed E-state index contributed by atoms with van der Waals surface area (Å²) < 4.78 is 4.92. The molecule has 0 aliphatic carbocycles. The predicted octanol–water partition coefficient (Wildman–Crippen LogP) is 1.05. The van der Waals surface area contributed by atoms with Crippen molar-refractivity contribution in [2.24, 2.45) is 0 Å². The SMILES string of the molecule is Cc1ccc(CCOCC(=O)O)s1.[NaH]. The number of hydrogen-bond donors (Lipinski definition) is 1. The normalized spacial score (nSPS) is 9.50. The average Bonchev–Trinajstić information content (AvgIpc) is 2.45. The van der Waals surface area contributed by atoms with E-state index in [4.69, 9.17) is 9.84 Å². The van der Waals surface area contributed by atoms with E-state index in [0.29, 0.717) is 6.61 Å². The second-order valence-electron chi connectivity index (χ2n) is 2.71. The van der Waals surface area contributed by atoms with Crippen LogP contribution in [0.3, 0.4) is 0 Å². The number of rotatable bonds is 5. The molecule has 1 N–H and O–H groups in total. The van der Waals surface area contributed by atoms with Crippen molar-refractivity contribution in [3.8, 4) is 0 Å². The summed E-state index contributed by atoms with van der Waals surface area (Å²) >= 11 is 1.72. The number of thiophene rings is 1. The van der Waals surface area contributed by atoms with Gasteiger partial charge in [0.05, 0.1) is 6.61 Å². The minimum atomic E-state index is -0.914. The van der Waals surface area contributed by atoms with Gasteiger partial charge in [0.25, 0.3) is 0 Å². The first-order valence-corrected chi connectivity index (χ1v) is 4.85. The van der Waals surface area contributed by atoms with E-state index in [2.05, 4.69) is 6.07 Å². The molecule has 0 amide bonds. The summed E-state index contributed by atoms with van der Waals surface area (Å²) in [6.45, 7) is 2.32. The number of carbonyl (C=O) groups is 1. The van der Waals surface area contributed by atoms with Gasteiger partial charge in [-0.1, -0.05) is 0 Å². The van der Waals surface area contributed by atoms with Crippen LogP contribution in [0.25, 0.3) is 0 Å². The van der Waals surface area contributed by atoms with Crippen LogP contribution in [-0.4, -0.2) is 53.8 Å². The van der Waals surface area contributed by atoms with Crippen molar-refractivity contribution in [1.29, 1.82) is 0 Å². The average molecular weight is 224 g/mol. The third kappa shape index (κ3) is 5.78. The predicted molar refractivity (Wildman–Crippen MR) is 58.4 cm³/mol. The van der Waals surface area contributed by atoms with Gasteiger partial charge in [-0.3, -0.25) is 0 Å². The van der Waals surface area contributed by atoms with E-state index >= 15 is 0 Å². The molecule has 0 fully saturated rings. The van der Waals surface area contributed by atoms with Crippen LogP contribution >= 0.6 is 11.3 Å².